The SMILES string of the molecule is CCc1nc(N2CCCC(C)C2C)sc1CNCC(C)C. The molecule has 1 fully saturated rings. The molecule has 0 aromatic carbocycles. The minimum atomic E-state index is 0.617. The summed E-state index contributed by atoms with van der Waals surface area (Å²) in [6.07, 6.45) is 3.69. The normalized spacial score (nSPS) is 23.0. The van der Waals surface area contributed by atoms with Crippen LogP contribution in [0.25, 0.3) is 0 Å². The Morgan fingerprint density at radius 1 is 1.38 bits per heavy atom. The van der Waals surface area contributed by atoms with Crippen LogP contribution >= 0.6 is 11.3 Å². The van der Waals surface area contributed by atoms with Crippen molar-refractivity contribution in [2.24, 2.45) is 11.8 Å². The number of nitrogens with zero attached hydrogens (tertiary/aromatic N) is 2. The Labute approximate surface area is 134 Å². The van der Waals surface area contributed by atoms with Crippen molar-refractivity contribution in [3.8, 4) is 0 Å². The van der Waals surface area contributed by atoms with Gasteiger partial charge in [-0.2, -0.15) is 0 Å². The van der Waals surface area contributed by atoms with Crippen molar-refractivity contribution < 1.29 is 0 Å². The van der Waals surface area contributed by atoms with Gasteiger partial charge in [0.15, 0.2) is 5.13 Å². The number of hydrogen-bond acceptors (Lipinski definition) is 4. The summed E-state index contributed by atoms with van der Waals surface area (Å²) >= 11 is 1.90. The Morgan fingerprint density at radius 2 is 2.14 bits per heavy atom. The highest BCUT2D eigenvalue weighted by Crippen LogP contribution is 2.33. The topological polar surface area (TPSA) is 28.2 Å². The van der Waals surface area contributed by atoms with Crippen molar-refractivity contribution in [1.82, 2.24) is 10.3 Å². The molecule has 1 aliphatic rings. The van der Waals surface area contributed by atoms with E-state index in [1.54, 1.807) is 0 Å². The first-order valence-electron chi connectivity index (χ1n) is 8.48. The Kier molecular flexibility index (Phi) is 6.06. The lowest BCUT2D eigenvalue weighted by molar-refractivity contribution is 0.363. The van der Waals surface area contributed by atoms with Gasteiger partial charge >= 0.3 is 0 Å². The molecule has 0 radical (unpaired) electrons. The number of rotatable bonds is 6. The first-order valence-corrected chi connectivity index (χ1v) is 9.30. The van der Waals surface area contributed by atoms with Gasteiger partial charge < -0.3 is 10.2 Å². The van der Waals surface area contributed by atoms with Crippen LogP contribution in [0.4, 0.5) is 5.13 Å². The molecule has 2 heterocycles. The predicted octanol–water partition coefficient (Wildman–Crippen LogP) is 4.08. The summed E-state index contributed by atoms with van der Waals surface area (Å²) in [5, 5.41) is 4.81. The average molecular weight is 310 g/mol. The molecular weight excluding hydrogens is 278 g/mol. The Balaban J connectivity index is 2.08. The van der Waals surface area contributed by atoms with E-state index in [1.165, 1.54) is 35.1 Å². The number of aryl methyl sites for hydroxylation is 1. The number of anilines is 1. The molecule has 4 heteroatoms. The molecule has 2 rings (SSSR count). The minimum Gasteiger partial charge on any atom is -0.345 e. The monoisotopic (exact) mass is 309 g/mol. The largest absolute Gasteiger partial charge is 0.345 e. The van der Waals surface area contributed by atoms with Gasteiger partial charge in [-0.25, -0.2) is 4.98 Å². The lowest BCUT2D eigenvalue weighted by Gasteiger charge is -2.37. The van der Waals surface area contributed by atoms with Crippen molar-refractivity contribution in [1.29, 1.82) is 0 Å². The van der Waals surface area contributed by atoms with Gasteiger partial charge in [0.1, 0.15) is 0 Å². The molecule has 2 unspecified atom stereocenters. The second kappa shape index (κ2) is 7.59. The molecule has 0 amide bonds. The van der Waals surface area contributed by atoms with Crippen LogP contribution in [0.3, 0.4) is 0 Å². The molecule has 3 nitrogen and oxygen atoms in total. The first kappa shape index (κ1) is 16.8. The van der Waals surface area contributed by atoms with E-state index in [9.17, 15) is 0 Å². The highest BCUT2D eigenvalue weighted by molar-refractivity contribution is 7.15. The average Bonchev–Trinajstić information content (AvgIpc) is 2.84. The Morgan fingerprint density at radius 3 is 2.81 bits per heavy atom. The fraction of sp³-hybridized carbons (Fsp3) is 0.824. The van der Waals surface area contributed by atoms with Gasteiger partial charge in [0.2, 0.25) is 0 Å². The Hall–Kier alpha value is -0.610. The number of nitrogens with one attached hydrogen (secondary N) is 1. The zero-order chi connectivity index (χ0) is 15.4. The van der Waals surface area contributed by atoms with E-state index in [4.69, 9.17) is 4.98 Å². The molecule has 0 saturated carbocycles. The van der Waals surface area contributed by atoms with Gasteiger partial charge in [0.25, 0.3) is 0 Å². The standard InChI is InChI=1S/C17H31N3S/c1-6-15-16(11-18-10-12(2)3)21-17(19-15)20-9-7-8-13(4)14(20)5/h12-14,18H,6-11H2,1-5H3. The maximum Gasteiger partial charge on any atom is 0.186 e. The summed E-state index contributed by atoms with van der Waals surface area (Å²) in [5.74, 6) is 1.47. The van der Waals surface area contributed by atoms with Crippen LogP contribution < -0.4 is 10.2 Å². The third kappa shape index (κ3) is 4.19. The van der Waals surface area contributed by atoms with Crippen molar-refractivity contribution in [2.45, 2.75) is 66.5 Å². The summed E-state index contributed by atoms with van der Waals surface area (Å²) in [6.45, 7) is 14.7. The lowest BCUT2D eigenvalue weighted by Crippen LogP contribution is -2.42. The van der Waals surface area contributed by atoms with Crippen LogP contribution in [0, 0.1) is 11.8 Å². The van der Waals surface area contributed by atoms with Crippen molar-refractivity contribution in [2.75, 3.05) is 18.0 Å². The molecule has 1 aromatic rings. The van der Waals surface area contributed by atoms with Gasteiger partial charge in [-0.15, -0.1) is 11.3 Å². The van der Waals surface area contributed by atoms with E-state index in [0.717, 1.165) is 25.4 Å². The minimum absolute atomic E-state index is 0.617. The van der Waals surface area contributed by atoms with E-state index in [1.807, 2.05) is 11.3 Å². The van der Waals surface area contributed by atoms with Gasteiger partial charge in [-0.1, -0.05) is 27.7 Å². The molecule has 0 spiro atoms. The molecule has 1 aromatic heterocycles. The molecule has 1 saturated heterocycles. The summed E-state index contributed by atoms with van der Waals surface area (Å²) < 4.78 is 0. The van der Waals surface area contributed by atoms with E-state index in [2.05, 4.69) is 44.8 Å². The second-order valence-corrected chi connectivity index (χ2v) is 7.86. The van der Waals surface area contributed by atoms with Crippen molar-refractivity contribution in [3.05, 3.63) is 10.6 Å². The van der Waals surface area contributed by atoms with Crippen LogP contribution in [0.5, 0.6) is 0 Å². The number of aromatic nitrogens is 1. The fourth-order valence-electron chi connectivity index (χ4n) is 2.99. The van der Waals surface area contributed by atoms with E-state index >= 15 is 0 Å². The molecule has 1 aliphatic heterocycles. The van der Waals surface area contributed by atoms with Gasteiger partial charge in [-0.3, -0.25) is 0 Å². The molecule has 0 bridgehead atoms. The molecule has 0 aliphatic carbocycles. The molecule has 2 atom stereocenters. The maximum absolute atomic E-state index is 4.94. The van der Waals surface area contributed by atoms with Crippen molar-refractivity contribution >= 4 is 16.5 Å². The van der Waals surface area contributed by atoms with Gasteiger partial charge in [0, 0.05) is 24.0 Å². The smallest absolute Gasteiger partial charge is 0.186 e. The van der Waals surface area contributed by atoms with E-state index < -0.39 is 0 Å². The van der Waals surface area contributed by atoms with Crippen LogP contribution in [0.2, 0.25) is 0 Å². The quantitative estimate of drug-likeness (QED) is 0.858. The summed E-state index contributed by atoms with van der Waals surface area (Å²) in [4.78, 5) is 8.90. The van der Waals surface area contributed by atoms with Gasteiger partial charge in [0.05, 0.1) is 5.69 Å². The number of piperidine rings is 1. The van der Waals surface area contributed by atoms with Crippen molar-refractivity contribution in [3.63, 3.8) is 0 Å². The second-order valence-electron chi connectivity index (χ2n) is 6.80. The summed E-state index contributed by atoms with van der Waals surface area (Å²) in [6, 6.07) is 0.617. The van der Waals surface area contributed by atoms with Crippen LogP contribution in [-0.2, 0) is 13.0 Å². The molecule has 21 heavy (non-hydrogen) atoms. The van der Waals surface area contributed by atoms with E-state index in [0.29, 0.717) is 12.0 Å². The predicted molar refractivity (Wildman–Crippen MR) is 93.2 cm³/mol. The highest BCUT2D eigenvalue weighted by atomic mass is 32.1. The van der Waals surface area contributed by atoms with Crippen LogP contribution in [0.1, 0.15) is 58.0 Å². The zero-order valence-electron chi connectivity index (χ0n) is 14.3. The summed E-state index contributed by atoms with van der Waals surface area (Å²) in [7, 11) is 0. The third-order valence-electron chi connectivity index (χ3n) is 4.56. The highest BCUT2D eigenvalue weighted by Gasteiger charge is 2.27. The molecular formula is C17H31N3S. The maximum atomic E-state index is 4.94. The molecule has 120 valence electrons. The number of thiazole rings is 1. The summed E-state index contributed by atoms with van der Waals surface area (Å²) in [5.41, 5.74) is 1.29. The lowest BCUT2D eigenvalue weighted by atomic mass is 9.93. The molecule has 1 N–H and O–H groups in total. The fourth-order valence-corrected chi connectivity index (χ4v) is 4.22. The number of hydrogen-bond donors (Lipinski definition) is 1. The Bertz CT molecular complexity index is 441. The van der Waals surface area contributed by atoms with Crippen LogP contribution in [-0.4, -0.2) is 24.1 Å². The van der Waals surface area contributed by atoms with Crippen LogP contribution in [0.15, 0.2) is 0 Å². The third-order valence-corrected chi connectivity index (χ3v) is 5.69. The van der Waals surface area contributed by atoms with Gasteiger partial charge in [-0.05, 0) is 44.6 Å². The zero-order valence-corrected chi connectivity index (χ0v) is 15.1. The van der Waals surface area contributed by atoms with E-state index in [-0.39, 0.29) is 0 Å². The first-order chi connectivity index (χ1) is 10.0.